The van der Waals surface area contributed by atoms with E-state index < -0.39 is 0 Å². The molecule has 0 spiro atoms. The van der Waals surface area contributed by atoms with Gasteiger partial charge in [0.25, 0.3) is 5.91 Å². The summed E-state index contributed by atoms with van der Waals surface area (Å²) < 4.78 is 2.16. The van der Waals surface area contributed by atoms with Gasteiger partial charge in [-0.1, -0.05) is 66.7 Å². The standard InChI is InChI=1S/C28H27N3O2/c1-19-26(23-14-8-9-15-24(23)30(19)2)27-21-12-6-7-13-22(21)28(33)31(27)18-25(32)29-17-16-20-10-4-3-5-11-20/h3-15,27H,16-18H2,1-2H3,(H,29,32). The van der Waals surface area contributed by atoms with Crippen molar-refractivity contribution in [2.75, 3.05) is 13.1 Å². The van der Waals surface area contributed by atoms with Crippen LogP contribution in [0.4, 0.5) is 0 Å². The number of carbonyl (C=O) groups is 2. The molecule has 1 N–H and O–H groups in total. The third-order valence-electron chi connectivity index (χ3n) is 6.67. The number of benzene rings is 3. The zero-order chi connectivity index (χ0) is 22.9. The molecule has 5 rings (SSSR count). The van der Waals surface area contributed by atoms with Gasteiger partial charge in [-0.3, -0.25) is 9.59 Å². The number of amides is 2. The lowest BCUT2D eigenvalue weighted by molar-refractivity contribution is -0.122. The van der Waals surface area contributed by atoms with Crippen LogP contribution in [0.3, 0.4) is 0 Å². The second-order valence-electron chi connectivity index (χ2n) is 8.58. The lowest BCUT2D eigenvalue weighted by atomic mass is 9.95. The highest BCUT2D eigenvalue weighted by Crippen LogP contribution is 2.43. The minimum Gasteiger partial charge on any atom is -0.354 e. The van der Waals surface area contributed by atoms with Gasteiger partial charge in [0.15, 0.2) is 0 Å². The Morgan fingerprint density at radius 1 is 0.939 bits per heavy atom. The Morgan fingerprint density at radius 3 is 2.45 bits per heavy atom. The lowest BCUT2D eigenvalue weighted by Crippen LogP contribution is -2.40. The minimum absolute atomic E-state index is 0.0234. The SMILES string of the molecule is Cc1c(C2c3ccccc3C(=O)N2CC(=O)NCCc2ccccc2)c2ccccc2n1C. The van der Waals surface area contributed by atoms with Crippen molar-refractivity contribution in [3.8, 4) is 0 Å². The molecule has 5 heteroatoms. The summed E-state index contributed by atoms with van der Waals surface area (Å²) in [6.07, 6.45) is 0.757. The zero-order valence-electron chi connectivity index (χ0n) is 18.9. The van der Waals surface area contributed by atoms with Crippen LogP contribution in [0.15, 0.2) is 78.9 Å². The van der Waals surface area contributed by atoms with Crippen molar-refractivity contribution >= 4 is 22.7 Å². The van der Waals surface area contributed by atoms with Gasteiger partial charge in [0.1, 0.15) is 6.54 Å². The van der Waals surface area contributed by atoms with Gasteiger partial charge in [0, 0.05) is 41.3 Å². The molecular formula is C28H27N3O2. The van der Waals surface area contributed by atoms with Gasteiger partial charge >= 0.3 is 0 Å². The van der Waals surface area contributed by atoms with Gasteiger partial charge in [-0.2, -0.15) is 0 Å². The highest BCUT2D eigenvalue weighted by molar-refractivity contribution is 6.02. The Morgan fingerprint density at radius 2 is 1.64 bits per heavy atom. The van der Waals surface area contributed by atoms with Crippen LogP contribution in [0.5, 0.6) is 0 Å². The van der Waals surface area contributed by atoms with Crippen molar-refractivity contribution in [1.29, 1.82) is 0 Å². The van der Waals surface area contributed by atoms with Crippen LogP contribution in [-0.4, -0.2) is 34.4 Å². The topological polar surface area (TPSA) is 54.3 Å². The third-order valence-corrected chi connectivity index (χ3v) is 6.67. The maximum absolute atomic E-state index is 13.4. The minimum atomic E-state index is -0.292. The summed E-state index contributed by atoms with van der Waals surface area (Å²) >= 11 is 0. The molecule has 1 atom stereocenters. The van der Waals surface area contributed by atoms with E-state index in [1.165, 1.54) is 5.56 Å². The first kappa shape index (κ1) is 21.0. The molecule has 5 nitrogen and oxygen atoms in total. The van der Waals surface area contributed by atoms with Gasteiger partial charge in [-0.25, -0.2) is 0 Å². The molecule has 2 heterocycles. The van der Waals surface area contributed by atoms with Crippen LogP contribution in [0.2, 0.25) is 0 Å². The van der Waals surface area contributed by atoms with Crippen LogP contribution in [0.25, 0.3) is 10.9 Å². The van der Waals surface area contributed by atoms with E-state index in [9.17, 15) is 9.59 Å². The van der Waals surface area contributed by atoms with E-state index in [0.29, 0.717) is 12.1 Å². The molecule has 2 amide bonds. The Kier molecular flexibility index (Phi) is 5.47. The summed E-state index contributed by atoms with van der Waals surface area (Å²) in [6, 6.07) is 25.7. The fraction of sp³-hybridized carbons (Fsp3) is 0.214. The number of nitrogens with one attached hydrogen (secondary N) is 1. The predicted octanol–water partition coefficient (Wildman–Crippen LogP) is 4.39. The molecule has 1 aliphatic rings. The largest absolute Gasteiger partial charge is 0.354 e. The monoisotopic (exact) mass is 437 g/mol. The van der Waals surface area contributed by atoms with Crippen LogP contribution in [0.1, 0.15) is 38.8 Å². The Bertz CT molecular complexity index is 1340. The normalized spacial score (nSPS) is 15.2. The molecule has 0 saturated carbocycles. The fourth-order valence-electron chi connectivity index (χ4n) is 4.94. The quantitative estimate of drug-likeness (QED) is 0.486. The molecule has 0 saturated heterocycles. The molecule has 1 unspecified atom stereocenters. The van der Waals surface area contributed by atoms with Crippen molar-refractivity contribution in [2.45, 2.75) is 19.4 Å². The molecule has 0 radical (unpaired) electrons. The first-order valence-corrected chi connectivity index (χ1v) is 11.3. The third kappa shape index (κ3) is 3.69. The van der Waals surface area contributed by atoms with Crippen molar-refractivity contribution in [2.24, 2.45) is 7.05 Å². The van der Waals surface area contributed by atoms with E-state index in [0.717, 1.165) is 34.1 Å². The number of hydrogen-bond acceptors (Lipinski definition) is 2. The second kappa shape index (κ2) is 8.58. The maximum Gasteiger partial charge on any atom is 0.255 e. The van der Waals surface area contributed by atoms with Gasteiger partial charge in [0.2, 0.25) is 5.91 Å². The van der Waals surface area contributed by atoms with E-state index in [4.69, 9.17) is 0 Å². The van der Waals surface area contributed by atoms with Crippen LogP contribution < -0.4 is 5.32 Å². The van der Waals surface area contributed by atoms with Crippen LogP contribution >= 0.6 is 0 Å². The highest BCUT2D eigenvalue weighted by Gasteiger charge is 2.40. The Labute approximate surface area is 193 Å². The molecule has 1 aliphatic heterocycles. The second-order valence-corrected chi connectivity index (χ2v) is 8.58. The Balaban J connectivity index is 1.45. The summed E-state index contributed by atoms with van der Waals surface area (Å²) in [4.78, 5) is 28.0. The van der Waals surface area contributed by atoms with Crippen LogP contribution in [0, 0.1) is 6.92 Å². The van der Waals surface area contributed by atoms with Crippen LogP contribution in [-0.2, 0) is 18.3 Å². The first-order valence-electron chi connectivity index (χ1n) is 11.3. The number of aryl methyl sites for hydroxylation is 1. The van der Waals surface area contributed by atoms with E-state index in [-0.39, 0.29) is 24.4 Å². The molecule has 33 heavy (non-hydrogen) atoms. The number of fused-ring (bicyclic) bond motifs is 2. The van der Waals surface area contributed by atoms with Gasteiger partial charge < -0.3 is 14.8 Å². The van der Waals surface area contributed by atoms with Crippen molar-refractivity contribution in [1.82, 2.24) is 14.8 Å². The summed E-state index contributed by atoms with van der Waals surface area (Å²) in [5.41, 5.74) is 6.11. The van der Waals surface area contributed by atoms with E-state index in [2.05, 4.69) is 28.9 Å². The number of carbonyl (C=O) groups excluding carboxylic acids is 2. The molecule has 0 bridgehead atoms. The van der Waals surface area contributed by atoms with E-state index >= 15 is 0 Å². The average molecular weight is 438 g/mol. The van der Waals surface area contributed by atoms with Crippen molar-refractivity contribution < 1.29 is 9.59 Å². The number of nitrogens with zero attached hydrogens (tertiary/aromatic N) is 2. The number of aromatic nitrogens is 1. The maximum atomic E-state index is 13.4. The summed E-state index contributed by atoms with van der Waals surface area (Å²) in [7, 11) is 2.05. The molecule has 166 valence electrons. The summed E-state index contributed by atoms with van der Waals surface area (Å²) in [6.45, 7) is 2.64. The molecule has 3 aromatic carbocycles. The van der Waals surface area contributed by atoms with Crippen molar-refractivity contribution in [3.05, 3.63) is 107 Å². The average Bonchev–Trinajstić information content (AvgIpc) is 3.25. The number of para-hydroxylation sites is 1. The predicted molar refractivity (Wildman–Crippen MR) is 130 cm³/mol. The first-order chi connectivity index (χ1) is 16.1. The summed E-state index contributed by atoms with van der Waals surface area (Å²) in [5, 5.41) is 4.11. The number of hydrogen-bond donors (Lipinski definition) is 1. The fourth-order valence-corrected chi connectivity index (χ4v) is 4.94. The van der Waals surface area contributed by atoms with Gasteiger partial charge in [-0.15, -0.1) is 0 Å². The van der Waals surface area contributed by atoms with E-state index in [1.807, 2.05) is 73.8 Å². The molecule has 0 aliphatic carbocycles. The lowest BCUT2D eigenvalue weighted by Gasteiger charge is -2.26. The van der Waals surface area contributed by atoms with Gasteiger partial charge in [0.05, 0.1) is 6.04 Å². The van der Waals surface area contributed by atoms with Gasteiger partial charge in [-0.05, 0) is 36.6 Å². The van der Waals surface area contributed by atoms with Crippen molar-refractivity contribution in [3.63, 3.8) is 0 Å². The molecule has 4 aromatic rings. The summed E-state index contributed by atoms with van der Waals surface area (Å²) in [5.74, 6) is -0.240. The number of rotatable bonds is 6. The Hall–Kier alpha value is -3.86. The molecule has 0 fully saturated rings. The molecular weight excluding hydrogens is 410 g/mol. The van der Waals surface area contributed by atoms with E-state index in [1.54, 1.807) is 4.90 Å². The molecule has 1 aromatic heterocycles. The highest BCUT2D eigenvalue weighted by atomic mass is 16.2. The zero-order valence-corrected chi connectivity index (χ0v) is 18.9. The smallest absolute Gasteiger partial charge is 0.255 e.